The molecule has 0 aromatic rings. The van der Waals surface area contributed by atoms with Gasteiger partial charge in [0.05, 0.1) is 5.54 Å². The summed E-state index contributed by atoms with van der Waals surface area (Å²) in [4.78, 5) is 17.3. The summed E-state index contributed by atoms with van der Waals surface area (Å²) in [5.74, 6) is 0.909. The number of rotatable bonds is 7. The molecule has 0 saturated carbocycles. The third kappa shape index (κ3) is 4.19. The van der Waals surface area contributed by atoms with E-state index in [1.54, 1.807) is 0 Å². The molecule has 4 nitrogen and oxygen atoms in total. The van der Waals surface area contributed by atoms with E-state index >= 15 is 0 Å². The molecule has 0 aromatic carbocycles. The van der Waals surface area contributed by atoms with Gasteiger partial charge in [-0.3, -0.25) is 9.69 Å². The molecule has 0 bridgehead atoms. The number of piperazine rings is 1. The lowest BCUT2D eigenvalue weighted by Crippen LogP contribution is -2.61. The van der Waals surface area contributed by atoms with Crippen molar-refractivity contribution in [1.29, 1.82) is 0 Å². The molecule has 0 unspecified atom stereocenters. The van der Waals surface area contributed by atoms with Gasteiger partial charge in [-0.1, -0.05) is 26.7 Å². The minimum absolute atomic E-state index is 0.286. The number of nitrogens with zero attached hydrogens (tertiary/aromatic N) is 2. The van der Waals surface area contributed by atoms with E-state index in [2.05, 4.69) is 49.7 Å². The predicted octanol–water partition coefficient (Wildman–Crippen LogP) is 1.95. The van der Waals surface area contributed by atoms with Gasteiger partial charge in [0.25, 0.3) is 0 Å². The average molecular weight is 283 g/mol. The fraction of sp³-hybridized carbons (Fsp3) is 0.938. The smallest absolute Gasteiger partial charge is 0.242 e. The number of carbonyl (C=O) groups excluding carboxylic acids is 1. The van der Waals surface area contributed by atoms with Gasteiger partial charge in [0.2, 0.25) is 5.91 Å². The van der Waals surface area contributed by atoms with Crippen LogP contribution in [0.5, 0.6) is 0 Å². The van der Waals surface area contributed by atoms with E-state index in [-0.39, 0.29) is 11.4 Å². The van der Waals surface area contributed by atoms with Crippen LogP contribution in [0.15, 0.2) is 0 Å². The Morgan fingerprint density at radius 3 is 2.20 bits per heavy atom. The van der Waals surface area contributed by atoms with E-state index in [1.165, 1.54) is 0 Å². The van der Waals surface area contributed by atoms with Crippen molar-refractivity contribution in [3.05, 3.63) is 0 Å². The molecule has 1 saturated heterocycles. The summed E-state index contributed by atoms with van der Waals surface area (Å²) < 4.78 is 0. The molecule has 0 radical (unpaired) electrons. The lowest BCUT2D eigenvalue weighted by Gasteiger charge is -2.43. The zero-order valence-electron chi connectivity index (χ0n) is 14.0. The van der Waals surface area contributed by atoms with E-state index in [0.29, 0.717) is 5.92 Å². The molecule has 0 atom stereocenters. The van der Waals surface area contributed by atoms with Crippen LogP contribution in [0.4, 0.5) is 0 Å². The van der Waals surface area contributed by atoms with Crippen molar-refractivity contribution in [2.45, 2.75) is 53.0 Å². The highest BCUT2D eigenvalue weighted by Gasteiger charge is 2.37. The van der Waals surface area contributed by atoms with E-state index in [9.17, 15) is 4.79 Å². The number of hydrogen-bond acceptors (Lipinski definition) is 3. The van der Waals surface area contributed by atoms with Gasteiger partial charge in [-0.05, 0) is 26.7 Å². The van der Waals surface area contributed by atoms with Crippen LogP contribution in [0.1, 0.15) is 47.5 Å². The van der Waals surface area contributed by atoms with Crippen LogP contribution in [0.25, 0.3) is 0 Å². The van der Waals surface area contributed by atoms with Gasteiger partial charge in [0.15, 0.2) is 0 Å². The highest BCUT2D eigenvalue weighted by molar-refractivity contribution is 5.85. The highest BCUT2D eigenvalue weighted by atomic mass is 16.2. The molecule has 0 aliphatic carbocycles. The maximum absolute atomic E-state index is 12.9. The second kappa shape index (κ2) is 7.99. The quantitative estimate of drug-likeness (QED) is 0.776. The van der Waals surface area contributed by atoms with Crippen molar-refractivity contribution in [1.82, 2.24) is 15.1 Å². The Labute approximate surface area is 124 Å². The average Bonchev–Trinajstić information content (AvgIpc) is 2.49. The maximum Gasteiger partial charge on any atom is 0.242 e. The Morgan fingerprint density at radius 2 is 1.75 bits per heavy atom. The first-order chi connectivity index (χ1) is 9.47. The van der Waals surface area contributed by atoms with Crippen molar-refractivity contribution in [3.63, 3.8) is 0 Å². The van der Waals surface area contributed by atoms with Gasteiger partial charge in [0.1, 0.15) is 0 Å². The maximum atomic E-state index is 12.9. The molecule has 1 heterocycles. The van der Waals surface area contributed by atoms with E-state index < -0.39 is 0 Å². The van der Waals surface area contributed by atoms with Crippen LogP contribution in [-0.4, -0.2) is 60.5 Å². The summed E-state index contributed by atoms with van der Waals surface area (Å²) >= 11 is 0. The van der Waals surface area contributed by atoms with Gasteiger partial charge in [-0.25, -0.2) is 0 Å². The van der Waals surface area contributed by atoms with Crippen LogP contribution in [0, 0.1) is 5.92 Å². The molecule has 1 N–H and O–H groups in total. The van der Waals surface area contributed by atoms with Crippen LogP contribution in [0.3, 0.4) is 0 Å². The highest BCUT2D eigenvalue weighted by Crippen LogP contribution is 2.20. The van der Waals surface area contributed by atoms with Gasteiger partial charge < -0.3 is 10.2 Å². The topological polar surface area (TPSA) is 35.6 Å². The fourth-order valence-corrected chi connectivity index (χ4v) is 2.96. The van der Waals surface area contributed by atoms with Gasteiger partial charge >= 0.3 is 0 Å². The van der Waals surface area contributed by atoms with Crippen molar-refractivity contribution < 1.29 is 4.79 Å². The zero-order valence-corrected chi connectivity index (χ0v) is 14.0. The minimum Gasteiger partial charge on any atom is -0.341 e. The molecule has 0 aromatic heterocycles. The first-order valence-electron chi connectivity index (χ1n) is 8.22. The molecule has 1 aliphatic rings. The third-order valence-electron chi connectivity index (χ3n) is 4.73. The van der Waals surface area contributed by atoms with Crippen LogP contribution < -0.4 is 5.32 Å². The molecule has 1 fully saturated rings. The number of nitrogens with one attached hydrogen (secondary N) is 1. The molecule has 118 valence electrons. The summed E-state index contributed by atoms with van der Waals surface area (Å²) in [5, 5.41) is 3.35. The lowest BCUT2D eigenvalue weighted by molar-refractivity contribution is -0.143. The molecule has 1 amide bonds. The Balaban J connectivity index is 2.72. The normalized spacial score (nSPS) is 17.5. The van der Waals surface area contributed by atoms with Crippen LogP contribution >= 0.6 is 0 Å². The Hall–Kier alpha value is -0.610. The molecule has 0 spiro atoms. The third-order valence-corrected chi connectivity index (χ3v) is 4.73. The molecule has 1 aliphatic heterocycles. The first kappa shape index (κ1) is 17.4. The van der Waals surface area contributed by atoms with Crippen molar-refractivity contribution in [3.8, 4) is 0 Å². The van der Waals surface area contributed by atoms with E-state index in [1.807, 2.05) is 0 Å². The SMILES string of the molecule is CCC(CC)CN(CC)C(=O)C(C)(C)N1CCNCC1. The van der Waals surface area contributed by atoms with Gasteiger partial charge in [0, 0.05) is 39.3 Å². The number of likely N-dealkylation sites (N-methyl/N-ethyl adjacent to an activating group) is 1. The largest absolute Gasteiger partial charge is 0.341 e. The molecular formula is C16H33N3O. The van der Waals surface area contributed by atoms with Gasteiger partial charge in [-0.2, -0.15) is 0 Å². The van der Waals surface area contributed by atoms with Crippen molar-refractivity contribution >= 4 is 5.91 Å². The molecule has 4 heteroatoms. The zero-order chi connectivity index (χ0) is 15.2. The Bertz CT molecular complexity index is 294. The first-order valence-corrected chi connectivity index (χ1v) is 8.22. The Kier molecular flexibility index (Phi) is 6.96. The van der Waals surface area contributed by atoms with Crippen molar-refractivity contribution in [2.75, 3.05) is 39.3 Å². The summed E-state index contributed by atoms with van der Waals surface area (Å²) in [5.41, 5.74) is -0.385. The summed E-state index contributed by atoms with van der Waals surface area (Å²) in [7, 11) is 0. The van der Waals surface area contributed by atoms with E-state index in [0.717, 1.165) is 52.1 Å². The molecule has 20 heavy (non-hydrogen) atoms. The number of hydrogen-bond donors (Lipinski definition) is 1. The molecular weight excluding hydrogens is 250 g/mol. The number of carbonyl (C=O) groups is 1. The monoisotopic (exact) mass is 283 g/mol. The summed E-state index contributed by atoms with van der Waals surface area (Å²) in [6, 6.07) is 0. The van der Waals surface area contributed by atoms with Crippen LogP contribution in [0.2, 0.25) is 0 Å². The van der Waals surface area contributed by atoms with Crippen LogP contribution in [-0.2, 0) is 4.79 Å². The molecule has 1 rings (SSSR count). The standard InChI is InChI=1S/C16H33N3O/c1-6-14(7-2)13-18(8-3)15(20)16(4,5)19-11-9-17-10-12-19/h14,17H,6-13H2,1-5H3. The summed E-state index contributed by atoms with van der Waals surface area (Å²) in [6.07, 6.45) is 2.29. The summed E-state index contributed by atoms with van der Waals surface area (Å²) in [6.45, 7) is 16.3. The van der Waals surface area contributed by atoms with Gasteiger partial charge in [-0.15, -0.1) is 0 Å². The Morgan fingerprint density at radius 1 is 1.20 bits per heavy atom. The lowest BCUT2D eigenvalue weighted by atomic mass is 9.97. The number of amides is 1. The van der Waals surface area contributed by atoms with Crippen molar-refractivity contribution in [2.24, 2.45) is 5.92 Å². The minimum atomic E-state index is -0.385. The second-order valence-electron chi connectivity index (χ2n) is 6.32. The van der Waals surface area contributed by atoms with E-state index in [4.69, 9.17) is 0 Å². The second-order valence-corrected chi connectivity index (χ2v) is 6.32. The fourth-order valence-electron chi connectivity index (χ4n) is 2.96. The predicted molar refractivity (Wildman–Crippen MR) is 84.8 cm³/mol.